The minimum Gasteiger partial charge on any atom is -0.504 e. The molecule has 6 atom stereocenters. The summed E-state index contributed by atoms with van der Waals surface area (Å²) in [4.78, 5) is 79.7. The number of fused-ring (bicyclic) bond motifs is 6. The first kappa shape index (κ1) is 54.3. The fourth-order valence-corrected chi connectivity index (χ4v) is 8.88. The second kappa shape index (κ2) is 22.2. The van der Waals surface area contributed by atoms with Gasteiger partial charge in [0.1, 0.15) is 66.7 Å². The van der Waals surface area contributed by atoms with Gasteiger partial charge < -0.3 is 68.0 Å². The number of phenols is 1. The zero-order chi connectivity index (χ0) is 53.0. The first-order valence-electron chi connectivity index (χ1n) is 22.8. The van der Waals surface area contributed by atoms with Gasteiger partial charge in [-0.1, -0.05) is 32.0 Å². The van der Waals surface area contributed by atoms with Crippen LogP contribution in [-0.4, -0.2) is 144 Å². The molecule has 72 heavy (non-hydrogen) atoms. The summed E-state index contributed by atoms with van der Waals surface area (Å²) in [7, 11) is -3.42. The van der Waals surface area contributed by atoms with Crippen molar-refractivity contribution < 1.29 is 62.3 Å². The molecule has 25 heteroatoms. The van der Waals surface area contributed by atoms with Crippen molar-refractivity contribution in [3.63, 3.8) is 0 Å². The fourth-order valence-electron chi connectivity index (χ4n) is 8.48. The van der Waals surface area contributed by atoms with Crippen LogP contribution in [0.4, 0.5) is 5.82 Å². The second-order valence-corrected chi connectivity index (χ2v) is 19.8. The number of aromatic hydroxyl groups is 1. The number of likely N-dealkylation sites (N-methyl/N-ethyl adjacent to an activating group) is 1. The Hall–Kier alpha value is -7.00. The lowest BCUT2D eigenvalue weighted by molar-refractivity contribution is -0.143. The molecule has 4 aromatic rings. The van der Waals surface area contributed by atoms with E-state index in [0.717, 1.165) is 36.4 Å². The molecule has 2 heterocycles. The van der Waals surface area contributed by atoms with E-state index in [1.807, 2.05) is 22.9 Å². The molecule has 0 spiro atoms. The van der Waals surface area contributed by atoms with E-state index in [1.165, 1.54) is 43.7 Å². The number of hydrogen-bond donors (Lipinski definition) is 12. The maximum atomic E-state index is 14.9. The number of nitrogens with one attached hydrogen (secondary N) is 4. The topological polar surface area (TPSA) is 400 Å². The van der Waals surface area contributed by atoms with Crippen LogP contribution in [0.5, 0.6) is 17.2 Å². The van der Waals surface area contributed by atoms with E-state index in [9.17, 15) is 52.8 Å². The standard InChI is InChI=1S/C47H61N11O13S/c1-22-37(40(50)57-41(53-22)26-7-8-32-25(14-26)10-11-47(32,3)4)43(63)56-34(19-52-72(51,68)69)45(65)58(5)38-27-15-31(39(61)36(16-27)71-21-29(60)18-49)30-12-24(6-9-35(30)70-20-28(59)17-48)13-33(46(66)67)55-42(62)23(2)54-44(38)64/h6-9,12,14-16,23,28-29,33-34,38,52,59-61H,10-11,13,17-21,48-49H2,1-5H3,(H,54,64)(H,55,62)(H,56,63)(H,66,67)(H2,50,53,57)(H2,51,68,69)/t23-,28+,29+,33-,34-,38-/m0/s1. The van der Waals surface area contributed by atoms with Crippen LogP contribution >= 0.6 is 0 Å². The molecular formula is C47H61N11O13S. The molecule has 4 bridgehead atoms. The number of anilines is 1. The van der Waals surface area contributed by atoms with E-state index in [4.69, 9.17) is 31.8 Å². The van der Waals surface area contributed by atoms with E-state index in [1.54, 1.807) is 0 Å². The SMILES string of the molecule is Cc1nc(-c2ccc3c(c2)CCC3(C)C)nc(N)c1C(=O)N[C@@H](CNS(N)(=O)=O)C(=O)N(C)[C@@H]1C(=O)N[C@@H](C)C(=O)N[C@H](C(=O)O)Cc2ccc(OC[C@H](O)CN)c(c2)-c2cc1cc(OC[C@H](O)CN)c2O. The Morgan fingerprint density at radius 1 is 0.944 bits per heavy atom. The Kier molecular flexibility index (Phi) is 16.7. The van der Waals surface area contributed by atoms with Crippen LogP contribution in [0.2, 0.25) is 0 Å². The smallest absolute Gasteiger partial charge is 0.326 e. The van der Waals surface area contributed by atoms with Gasteiger partial charge in [0, 0.05) is 49.8 Å². The lowest BCUT2D eigenvalue weighted by Crippen LogP contribution is -2.57. The molecule has 0 radical (unpaired) electrons. The minimum absolute atomic E-state index is 0.00782. The van der Waals surface area contributed by atoms with Gasteiger partial charge in [-0.2, -0.15) is 13.1 Å². The van der Waals surface area contributed by atoms with Gasteiger partial charge >= 0.3 is 5.97 Å². The molecule has 16 N–H and O–H groups in total. The number of aryl methyl sites for hydroxylation is 2. The maximum absolute atomic E-state index is 14.9. The molecule has 2 aliphatic rings. The molecule has 24 nitrogen and oxygen atoms in total. The maximum Gasteiger partial charge on any atom is 0.326 e. The van der Waals surface area contributed by atoms with E-state index in [2.05, 4.69) is 39.8 Å². The van der Waals surface area contributed by atoms with Gasteiger partial charge in [-0.3, -0.25) is 19.2 Å². The normalized spacial score (nSPS) is 18.8. The summed E-state index contributed by atoms with van der Waals surface area (Å²) in [6.45, 7) is 4.89. The lowest BCUT2D eigenvalue weighted by atomic mass is 9.86. The Bertz CT molecular complexity index is 2840. The quantitative estimate of drug-likeness (QED) is 0.0588. The number of carbonyl (C=O) groups is 5. The van der Waals surface area contributed by atoms with Crippen molar-refractivity contribution in [3.8, 4) is 39.8 Å². The minimum atomic E-state index is -4.54. The van der Waals surface area contributed by atoms with Crippen molar-refractivity contribution in [2.75, 3.05) is 45.6 Å². The van der Waals surface area contributed by atoms with Gasteiger partial charge in [0.05, 0.1) is 5.69 Å². The van der Waals surface area contributed by atoms with E-state index >= 15 is 0 Å². The predicted octanol–water partition coefficient (Wildman–Crippen LogP) is -1.25. The third kappa shape index (κ3) is 12.5. The highest BCUT2D eigenvalue weighted by atomic mass is 32.2. The van der Waals surface area contributed by atoms with E-state index in [0.29, 0.717) is 11.1 Å². The van der Waals surface area contributed by atoms with Gasteiger partial charge in [-0.15, -0.1) is 0 Å². The summed E-state index contributed by atoms with van der Waals surface area (Å²) in [5.74, 6) is -6.60. The number of ether oxygens (including phenoxy) is 2. The van der Waals surface area contributed by atoms with E-state index in [-0.39, 0.29) is 82.6 Å². The summed E-state index contributed by atoms with van der Waals surface area (Å²) in [6.07, 6.45) is -0.913. The molecule has 1 aliphatic carbocycles. The number of aliphatic carboxylic acids is 1. The van der Waals surface area contributed by atoms with Crippen molar-refractivity contribution in [1.29, 1.82) is 0 Å². The van der Waals surface area contributed by atoms with Crippen LogP contribution < -0.4 is 52.5 Å². The number of phenolic OH excluding ortho intramolecular Hbond substituents is 1. The summed E-state index contributed by atoms with van der Waals surface area (Å²) in [5, 5.41) is 55.4. The van der Waals surface area contributed by atoms with Crippen LogP contribution in [0.25, 0.3) is 22.5 Å². The fraction of sp³-hybridized carbons (Fsp3) is 0.426. The average molecular weight is 1020 g/mol. The highest BCUT2D eigenvalue weighted by Crippen LogP contribution is 2.45. The number of benzene rings is 3. The molecule has 0 fully saturated rings. The first-order chi connectivity index (χ1) is 33.8. The number of carboxylic acid groups (broad SMARTS) is 1. The van der Waals surface area contributed by atoms with Gasteiger partial charge in [-0.05, 0) is 84.7 Å². The number of nitrogens with zero attached hydrogens (tertiary/aromatic N) is 3. The first-order valence-corrected chi connectivity index (χ1v) is 24.3. The highest BCUT2D eigenvalue weighted by molar-refractivity contribution is 7.87. The molecule has 6 rings (SSSR count). The summed E-state index contributed by atoms with van der Waals surface area (Å²) in [5.41, 5.74) is 20.6. The lowest BCUT2D eigenvalue weighted by Gasteiger charge is -2.33. The van der Waals surface area contributed by atoms with Crippen molar-refractivity contribution in [1.82, 2.24) is 35.5 Å². The Morgan fingerprint density at radius 2 is 1.61 bits per heavy atom. The zero-order valence-electron chi connectivity index (χ0n) is 40.3. The van der Waals surface area contributed by atoms with Crippen LogP contribution in [-0.2, 0) is 47.6 Å². The van der Waals surface area contributed by atoms with Gasteiger partial charge in [0.15, 0.2) is 17.3 Å². The molecule has 1 aliphatic heterocycles. The van der Waals surface area contributed by atoms with Crippen molar-refractivity contribution >= 4 is 45.6 Å². The van der Waals surface area contributed by atoms with Crippen LogP contribution in [0.1, 0.15) is 71.5 Å². The Balaban J connectivity index is 1.47. The monoisotopic (exact) mass is 1020 g/mol. The molecule has 3 aromatic carbocycles. The average Bonchev–Trinajstić information content (AvgIpc) is 3.63. The van der Waals surface area contributed by atoms with Gasteiger partial charge in [0.25, 0.3) is 16.1 Å². The zero-order valence-corrected chi connectivity index (χ0v) is 41.1. The highest BCUT2D eigenvalue weighted by Gasteiger charge is 2.38. The van der Waals surface area contributed by atoms with Gasteiger partial charge in [-0.25, -0.2) is 19.9 Å². The number of nitrogens with two attached hydrogens (primary N) is 4. The largest absolute Gasteiger partial charge is 0.504 e. The molecule has 1 aromatic heterocycles. The number of nitrogen functional groups attached to an aromatic ring is 1. The molecule has 0 saturated heterocycles. The molecular weight excluding hydrogens is 959 g/mol. The number of amides is 4. The number of hydrogen-bond acceptors (Lipinski definition) is 17. The van der Waals surface area contributed by atoms with Crippen LogP contribution in [0.15, 0.2) is 48.5 Å². The third-order valence-electron chi connectivity index (χ3n) is 12.5. The molecule has 0 unspecified atom stereocenters. The van der Waals surface area contributed by atoms with Gasteiger partial charge in [0.2, 0.25) is 17.7 Å². The molecule has 388 valence electrons. The Labute approximate surface area is 415 Å². The second-order valence-electron chi connectivity index (χ2n) is 18.4. The molecule has 4 amide bonds. The summed E-state index contributed by atoms with van der Waals surface area (Å²) < 4.78 is 38.4. The predicted molar refractivity (Wildman–Crippen MR) is 261 cm³/mol. The number of carbonyl (C=O) groups excluding carboxylic acids is 4. The van der Waals surface area contributed by atoms with Crippen LogP contribution in [0, 0.1) is 6.92 Å². The van der Waals surface area contributed by atoms with E-state index < -0.39 is 95.1 Å². The van der Waals surface area contributed by atoms with Crippen LogP contribution in [0.3, 0.4) is 0 Å². The number of aliphatic hydroxyl groups excluding tert-OH is 2. The summed E-state index contributed by atoms with van der Waals surface area (Å²) in [6, 6.07) is 5.87. The number of aliphatic hydroxyl groups is 2. The van der Waals surface area contributed by atoms with Crippen molar-refractivity contribution in [2.24, 2.45) is 16.6 Å². The third-order valence-corrected chi connectivity index (χ3v) is 13.1. The Morgan fingerprint density at radius 3 is 2.24 bits per heavy atom. The number of rotatable bonds is 17. The molecule has 0 saturated carbocycles. The number of aromatic nitrogens is 2. The summed E-state index contributed by atoms with van der Waals surface area (Å²) >= 11 is 0. The number of carboxylic acids is 1. The van der Waals surface area contributed by atoms with Crippen molar-refractivity contribution in [2.45, 2.75) is 88.7 Å². The van der Waals surface area contributed by atoms with Crippen molar-refractivity contribution in [3.05, 3.63) is 82.0 Å².